The van der Waals surface area contributed by atoms with Crippen molar-refractivity contribution >= 4 is 17.7 Å². The third-order valence-electron chi connectivity index (χ3n) is 2.01. The summed E-state index contributed by atoms with van der Waals surface area (Å²) in [4.78, 5) is 24.8. The minimum absolute atomic E-state index is 0.144. The maximum Gasteiger partial charge on any atom is 0.338 e. The van der Waals surface area contributed by atoms with Crippen LogP contribution in [0.4, 0.5) is 10.2 Å². The molecule has 6 nitrogen and oxygen atoms in total. The number of nitrogens with zero attached hydrogens (tertiary/aromatic N) is 1. The number of nitrogens with two attached hydrogens (primary N) is 1. The van der Waals surface area contributed by atoms with Crippen molar-refractivity contribution in [2.45, 2.75) is 12.8 Å². The molecule has 0 spiro atoms. The Morgan fingerprint density at radius 1 is 1.53 bits per heavy atom. The number of amides is 1. The number of anilines is 1. The number of rotatable bonds is 6. The summed E-state index contributed by atoms with van der Waals surface area (Å²) in [6, 6.07) is 1.08. The monoisotopic (exact) mass is 241 g/mol. The maximum absolute atomic E-state index is 13.5. The number of pyridine rings is 1. The first-order valence-electron chi connectivity index (χ1n) is 4.92. The Hall–Kier alpha value is -2.18. The fourth-order valence-electron chi connectivity index (χ4n) is 1.20. The van der Waals surface area contributed by atoms with Crippen LogP contribution in [0.1, 0.15) is 23.2 Å². The normalized spacial score (nSPS) is 9.94. The van der Waals surface area contributed by atoms with Crippen molar-refractivity contribution in [3.63, 3.8) is 0 Å². The second-order valence-electron chi connectivity index (χ2n) is 3.32. The minimum Gasteiger partial charge on any atom is -0.478 e. The molecule has 1 aromatic rings. The van der Waals surface area contributed by atoms with Crippen LogP contribution < -0.4 is 11.1 Å². The minimum atomic E-state index is -1.36. The van der Waals surface area contributed by atoms with E-state index >= 15 is 0 Å². The quantitative estimate of drug-likeness (QED) is 0.632. The van der Waals surface area contributed by atoms with E-state index in [4.69, 9.17) is 10.8 Å². The molecule has 0 unspecified atom stereocenters. The number of carbonyl (C=O) groups excluding carboxylic acids is 1. The van der Waals surface area contributed by atoms with E-state index in [0.717, 1.165) is 6.07 Å². The van der Waals surface area contributed by atoms with Gasteiger partial charge in [-0.1, -0.05) is 0 Å². The molecule has 0 fully saturated rings. The number of carboxylic acids is 1. The number of primary amides is 1. The molecule has 1 aromatic heterocycles. The number of halogens is 1. The van der Waals surface area contributed by atoms with Crippen LogP contribution in [0.25, 0.3) is 0 Å². The summed E-state index contributed by atoms with van der Waals surface area (Å²) < 4.78 is 13.5. The predicted octanol–water partition coefficient (Wildman–Crippen LogP) is 0.596. The van der Waals surface area contributed by atoms with E-state index in [0.29, 0.717) is 6.42 Å². The topological polar surface area (TPSA) is 105 Å². The van der Waals surface area contributed by atoms with Gasteiger partial charge in [0.25, 0.3) is 0 Å². The fraction of sp³-hybridized carbons (Fsp3) is 0.300. The Balaban J connectivity index is 2.62. The molecule has 0 bridgehead atoms. The molecule has 0 atom stereocenters. The first-order valence-corrected chi connectivity index (χ1v) is 4.92. The molecule has 7 heteroatoms. The summed E-state index contributed by atoms with van der Waals surface area (Å²) in [5.74, 6) is -2.86. The van der Waals surface area contributed by atoms with E-state index in [-0.39, 0.29) is 18.8 Å². The van der Waals surface area contributed by atoms with Crippen LogP contribution in [0.3, 0.4) is 0 Å². The molecule has 0 saturated heterocycles. The van der Waals surface area contributed by atoms with Gasteiger partial charge in [-0.05, 0) is 12.5 Å². The van der Waals surface area contributed by atoms with Crippen molar-refractivity contribution in [2.24, 2.45) is 5.73 Å². The van der Waals surface area contributed by atoms with Gasteiger partial charge < -0.3 is 16.2 Å². The summed E-state index contributed by atoms with van der Waals surface area (Å²) in [5, 5.41) is 11.3. The largest absolute Gasteiger partial charge is 0.478 e. The fourth-order valence-corrected chi connectivity index (χ4v) is 1.20. The van der Waals surface area contributed by atoms with E-state index in [1.54, 1.807) is 0 Å². The predicted molar refractivity (Wildman–Crippen MR) is 58.1 cm³/mol. The van der Waals surface area contributed by atoms with Gasteiger partial charge in [0.05, 0.1) is 0 Å². The molecule has 0 aliphatic carbocycles. The highest BCUT2D eigenvalue weighted by atomic mass is 19.1. The van der Waals surface area contributed by atoms with Crippen molar-refractivity contribution in [2.75, 3.05) is 11.9 Å². The molecule has 4 N–H and O–H groups in total. The number of hydrogen-bond acceptors (Lipinski definition) is 4. The molecular formula is C10H12FN3O3. The second-order valence-corrected chi connectivity index (χ2v) is 3.32. The molecule has 0 aliphatic rings. The zero-order chi connectivity index (χ0) is 12.8. The molecule has 17 heavy (non-hydrogen) atoms. The maximum atomic E-state index is 13.5. The van der Waals surface area contributed by atoms with Gasteiger partial charge in [0, 0.05) is 19.2 Å². The molecule has 0 aliphatic heterocycles. The Morgan fingerprint density at radius 2 is 2.24 bits per heavy atom. The Kier molecular flexibility index (Phi) is 4.38. The number of aromatic nitrogens is 1. The van der Waals surface area contributed by atoms with Gasteiger partial charge in [-0.2, -0.15) is 0 Å². The number of carbonyl (C=O) groups is 2. The number of nitrogens with one attached hydrogen (secondary N) is 1. The molecule has 1 amide bonds. The number of hydrogen-bond donors (Lipinski definition) is 3. The summed E-state index contributed by atoms with van der Waals surface area (Å²) in [6.07, 6.45) is 1.80. The van der Waals surface area contributed by atoms with E-state index in [2.05, 4.69) is 10.3 Å². The van der Waals surface area contributed by atoms with Crippen LogP contribution in [0, 0.1) is 5.82 Å². The lowest BCUT2D eigenvalue weighted by molar-refractivity contribution is -0.118. The van der Waals surface area contributed by atoms with Gasteiger partial charge in [-0.15, -0.1) is 0 Å². The second kappa shape index (κ2) is 5.78. The molecule has 0 radical (unpaired) electrons. The number of carboxylic acid groups (broad SMARTS) is 1. The van der Waals surface area contributed by atoms with Crippen molar-refractivity contribution in [1.82, 2.24) is 4.98 Å². The molecule has 1 heterocycles. The lowest BCUT2D eigenvalue weighted by Crippen LogP contribution is -2.14. The molecule has 92 valence electrons. The Labute approximate surface area is 96.6 Å². The summed E-state index contributed by atoms with van der Waals surface area (Å²) in [6.45, 7) is 0.288. The van der Waals surface area contributed by atoms with Gasteiger partial charge >= 0.3 is 5.97 Å². The first kappa shape index (κ1) is 12.9. The third kappa shape index (κ3) is 3.71. The van der Waals surface area contributed by atoms with Crippen molar-refractivity contribution in [1.29, 1.82) is 0 Å². The summed E-state index contributed by atoms with van der Waals surface area (Å²) in [7, 11) is 0. The average molecular weight is 241 g/mol. The van der Waals surface area contributed by atoms with Gasteiger partial charge in [-0.3, -0.25) is 4.79 Å². The van der Waals surface area contributed by atoms with Crippen LogP contribution in [0.5, 0.6) is 0 Å². The third-order valence-corrected chi connectivity index (χ3v) is 2.01. The average Bonchev–Trinajstić information content (AvgIpc) is 2.25. The Morgan fingerprint density at radius 3 is 2.82 bits per heavy atom. The molecule has 0 aromatic carbocycles. The highest BCUT2D eigenvalue weighted by Crippen LogP contribution is 2.14. The van der Waals surface area contributed by atoms with Crippen LogP contribution in [0.15, 0.2) is 12.3 Å². The van der Waals surface area contributed by atoms with E-state index in [9.17, 15) is 14.0 Å². The zero-order valence-electron chi connectivity index (χ0n) is 8.94. The lowest BCUT2D eigenvalue weighted by atomic mass is 10.2. The highest BCUT2D eigenvalue weighted by Gasteiger charge is 2.14. The van der Waals surface area contributed by atoms with Gasteiger partial charge in [0.15, 0.2) is 11.6 Å². The first-order chi connectivity index (χ1) is 8.02. The van der Waals surface area contributed by atoms with Crippen LogP contribution in [0.2, 0.25) is 0 Å². The van der Waals surface area contributed by atoms with E-state index < -0.39 is 23.3 Å². The molecular weight excluding hydrogens is 229 g/mol. The SMILES string of the molecule is NC(=O)CCCNc1nccc(C(=O)O)c1F. The van der Waals surface area contributed by atoms with Crippen LogP contribution in [-0.4, -0.2) is 28.5 Å². The smallest absolute Gasteiger partial charge is 0.338 e. The van der Waals surface area contributed by atoms with Gasteiger partial charge in [0.2, 0.25) is 5.91 Å². The zero-order valence-corrected chi connectivity index (χ0v) is 8.94. The van der Waals surface area contributed by atoms with E-state index in [1.807, 2.05) is 0 Å². The van der Waals surface area contributed by atoms with Crippen LogP contribution >= 0.6 is 0 Å². The van der Waals surface area contributed by atoms with Gasteiger partial charge in [0.1, 0.15) is 5.56 Å². The molecule has 0 saturated carbocycles. The summed E-state index contributed by atoms with van der Waals surface area (Å²) in [5.41, 5.74) is 4.48. The number of aromatic carboxylic acids is 1. The van der Waals surface area contributed by atoms with Crippen molar-refractivity contribution < 1.29 is 19.1 Å². The van der Waals surface area contributed by atoms with Crippen molar-refractivity contribution in [3.05, 3.63) is 23.6 Å². The lowest BCUT2D eigenvalue weighted by Gasteiger charge is -2.06. The molecule has 1 rings (SSSR count). The highest BCUT2D eigenvalue weighted by molar-refractivity contribution is 5.88. The van der Waals surface area contributed by atoms with E-state index in [1.165, 1.54) is 6.20 Å². The van der Waals surface area contributed by atoms with Crippen molar-refractivity contribution in [3.8, 4) is 0 Å². The summed E-state index contributed by atoms with van der Waals surface area (Å²) >= 11 is 0. The van der Waals surface area contributed by atoms with Gasteiger partial charge in [-0.25, -0.2) is 14.2 Å². The Bertz CT molecular complexity index is 437. The standard InChI is InChI=1S/C10H12FN3O3/c11-8-6(10(16)17)3-5-14-9(8)13-4-1-2-7(12)15/h3,5H,1-2,4H2,(H2,12,15)(H,13,14)(H,16,17). The van der Waals surface area contributed by atoms with Crippen LogP contribution in [-0.2, 0) is 4.79 Å².